The number of nitrogens with two attached hydrogens (primary N) is 1. The van der Waals surface area contributed by atoms with Crippen molar-refractivity contribution in [1.29, 1.82) is 0 Å². The van der Waals surface area contributed by atoms with Gasteiger partial charge in [-0.25, -0.2) is 4.98 Å². The van der Waals surface area contributed by atoms with E-state index in [9.17, 15) is 0 Å². The van der Waals surface area contributed by atoms with Crippen LogP contribution in [0.25, 0.3) is 0 Å². The van der Waals surface area contributed by atoms with E-state index in [0.29, 0.717) is 11.6 Å². The van der Waals surface area contributed by atoms with Crippen LogP contribution >= 0.6 is 34.9 Å². The van der Waals surface area contributed by atoms with E-state index in [0.717, 1.165) is 14.8 Å². The molecule has 1 heterocycles. The summed E-state index contributed by atoms with van der Waals surface area (Å²) in [5.74, 6) is 0. The van der Waals surface area contributed by atoms with Crippen molar-refractivity contribution < 1.29 is 0 Å². The van der Waals surface area contributed by atoms with Gasteiger partial charge in [-0.05, 0) is 29.2 Å². The van der Waals surface area contributed by atoms with Gasteiger partial charge in [0.05, 0.1) is 5.02 Å². The summed E-state index contributed by atoms with van der Waals surface area (Å²) >= 11 is 8.97. The van der Waals surface area contributed by atoms with E-state index in [1.165, 1.54) is 29.6 Å². The number of nitrogens with zero attached hydrogens (tertiary/aromatic N) is 2. The summed E-state index contributed by atoms with van der Waals surface area (Å²) in [5.41, 5.74) is 6.55. The Morgan fingerprint density at radius 1 is 1.47 bits per heavy atom. The fourth-order valence-corrected chi connectivity index (χ4v) is 2.78. The fourth-order valence-electron chi connectivity index (χ4n) is 1.06. The van der Waals surface area contributed by atoms with Crippen LogP contribution in [0, 0.1) is 0 Å². The Kier molecular flexibility index (Phi) is 3.58. The van der Waals surface area contributed by atoms with Gasteiger partial charge in [0.1, 0.15) is 6.33 Å². The SMILES string of the molecule is NCc1ccc(Sc2ncns2)c(Cl)c1. The zero-order valence-electron chi connectivity index (χ0n) is 7.68. The highest BCUT2D eigenvalue weighted by molar-refractivity contribution is 8.01. The molecule has 78 valence electrons. The molecule has 1 aromatic carbocycles. The number of hydrogen-bond acceptors (Lipinski definition) is 5. The molecule has 0 aliphatic heterocycles. The second-order valence-corrected chi connectivity index (χ2v) is 5.25. The van der Waals surface area contributed by atoms with Crippen molar-refractivity contribution in [2.75, 3.05) is 0 Å². The maximum Gasteiger partial charge on any atom is 0.174 e. The van der Waals surface area contributed by atoms with E-state index in [1.807, 2.05) is 18.2 Å². The quantitative estimate of drug-likeness (QED) is 0.919. The van der Waals surface area contributed by atoms with Gasteiger partial charge in [-0.2, -0.15) is 4.37 Å². The minimum Gasteiger partial charge on any atom is -0.326 e. The first-order chi connectivity index (χ1) is 7.29. The summed E-state index contributed by atoms with van der Waals surface area (Å²) in [5, 5.41) is 0.707. The smallest absolute Gasteiger partial charge is 0.174 e. The van der Waals surface area contributed by atoms with E-state index < -0.39 is 0 Å². The van der Waals surface area contributed by atoms with Crippen LogP contribution < -0.4 is 5.73 Å². The maximum absolute atomic E-state index is 6.11. The van der Waals surface area contributed by atoms with Crippen molar-refractivity contribution in [2.24, 2.45) is 5.73 Å². The standard InChI is InChI=1S/C9H8ClN3S2/c10-7-3-6(4-11)1-2-8(7)14-9-12-5-13-15-9/h1-3,5H,4,11H2. The molecule has 2 N–H and O–H groups in total. The predicted molar refractivity (Wildman–Crippen MR) is 63.4 cm³/mol. The molecule has 0 unspecified atom stereocenters. The Morgan fingerprint density at radius 3 is 2.93 bits per heavy atom. The second-order valence-electron chi connectivity index (χ2n) is 2.78. The largest absolute Gasteiger partial charge is 0.326 e. The van der Waals surface area contributed by atoms with E-state index in [1.54, 1.807) is 0 Å². The summed E-state index contributed by atoms with van der Waals surface area (Å²) < 4.78 is 4.81. The van der Waals surface area contributed by atoms with Crippen molar-refractivity contribution in [3.63, 3.8) is 0 Å². The van der Waals surface area contributed by atoms with Gasteiger partial charge in [0.25, 0.3) is 0 Å². The second kappa shape index (κ2) is 4.94. The summed E-state index contributed by atoms with van der Waals surface area (Å²) in [6, 6.07) is 5.80. The molecule has 0 spiro atoms. The summed E-state index contributed by atoms with van der Waals surface area (Å²) in [4.78, 5) is 5.06. The Balaban J connectivity index is 2.22. The highest BCUT2D eigenvalue weighted by Crippen LogP contribution is 2.33. The molecule has 15 heavy (non-hydrogen) atoms. The molecule has 0 aliphatic carbocycles. The fraction of sp³-hybridized carbons (Fsp3) is 0.111. The van der Waals surface area contributed by atoms with E-state index in [-0.39, 0.29) is 0 Å². The normalized spacial score (nSPS) is 10.5. The van der Waals surface area contributed by atoms with Gasteiger partial charge in [-0.15, -0.1) is 0 Å². The van der Waals surface area contributed by atoms with Gasteiger partial charge in [0, 0.05) is 11.4 Å². The zero-order chi connectivity index (χ0) is 10.7. The van der Waals surface area contributed by atoms with Crippen molar-refractivity contribution >= 4 is 34.9 Å². The van der Waals surface area contributed by atoms with Gasteiger partial charge in [0.15, 0.2) is 4.34 Å². The number of halogens is 1. The van der Waals surface area contributed by atoms with Gasteiger partial charge in [-0.1, -0.05) is 29.4 Å². The third-order valence-corrected chi connectivity index (χ3v) is 3.99. The third-order valence-electron chi connectivity index (χ3n) is 1.77. The van der Waals surface area contributed by atoms with Gasteiger partial charge < -0.3 is 5.73 Å². The topological polar surface area (TPSA) is 51.8 Å². The van der Waals surface area contributed by atoms with Crippen LogP contribution in [0.2, 0.25) is 5.02 Å². The minimum atomic E-state index is 0.503. The molecule has 6 heteroatoms. The lowest BCUT2D eigenvalue weighted by atomic mass is 10.2. The highest BCUT2D eigenvalue weighted by atomic mass is 35.5. The first-order valence-electron chi connectivity index (χ1n) is 4.22. The molecule has 0 radical (unpaired) electrons. The number of rotatable bonds is 3. The van der Waals surface area contributed by atoms with Crippen molar-refractivity contribution in [3.05, 3.63) is 35.1 Å². The number of aromatic nitrogens is 2. The molecule has 0 atom stereocenters. The maximum atomic E-state index is 6.11. The molecule has 2 aromatic rings. The first kappa shape index (κ1) is 10.9. The van der Waals surface area contributed by atoms with Crippen molar-refractivity contribution in [3.8, 4) is 0 Å². The average molecular weight is 258 g/mol. The molecule has 0 fully saturated rings. The summed E-state index contributed by atoms with van der Waals surface area (Å²) in [7, 11) is 0. The molecule has 0 bridgehead atoms. The summed E-state index contributed by atoms with van der Waals surface area (Å²) in [6.45, 7) is 0.503. The van der Waals surface area contributed by atoms with Crippen molar-refractivity contribution in [1.82, 2.24) is 9.36 Å². The lowest BCUT2D eigenvalue weighted by Crippen LogP contribution is -1.95. The molecular weight excluding hydrogens is 250 g/mol. The molecule has 1 aromatic heterocycles. The Labute approximate surface area is 101 Å². The molecule has 0 saturated heterocycles. The van der Waals surface area contributed by atoms with Crippen molar-refractivity contribution in [2.45, 2.75) is 15.8 Å². The zero-order valence-corrected chi connectivity index (χ0v) is 10.1. The van der Waals surface area contributed by atoms with Gasteiger partial charge in [-0.3, -0.25) is 0 Å². The Morgan fingerprint density at radius 2 is 2.33 bits per heavy atom. The molecule has 0 amide bonds. The molecule has 3 nitrogen and oxygen atoms in total. The lowest BCUT2D eigenvalue weighted by Gasteiger charge is -2.03. The minimum absolute atomic E-state index is 0.503. The van der Waals surface area contributed by atoms with Crippen LogP contribution in [0.4, 0.5) is 0 Å². The Bertz CT molecular complexity index is 445. The lowest BCUT2D eigenvalue weighted by molar-refractivity contribution is 1.07. The van der Waals surface area contributed by atoms with Gasteiger partial charge >= 0.3 is 0 Å². The van der Waals surface area contributed by atoms with Crippen LogP contribution in [0.1, 0.15) is 5.56 Å². The van der Waals surface area contributed by atoms with E-state index in [2.05, 4.69) is 9.36 Å². The monoisotopic (exact) mass is 257 g/mol. The Hall–Kier alpha value is -0.620. The molecule has 0 aliphatic rings. The third kappa shape index (κ3) is 2.69. The van der Waals surface area contributed by atoms with Crippen LogP contribution in [-0.2, 0) is 6.54 Å². The van der Waals surface area contributed by atoms with E-state index in [4.69, 9.17) is 17.3 Å². The van der Waals surface area contributed by atoms with Crippen LogP contribution in [0.3, 0.4) is 0 Å². The average Bonchev–Trinajstić information content (AvgIpc) is 2.74. The molecular formula is C9H8ClN3S2. The number of hydrogen-bond donors (Lipinski definition) is 1. The van der Waals surface area contributed by atoms with E-state index >= 15 is 0 Å². The van der Waals surface area contributed by atoms with Crippen LogP contribution in [0.5, 0.6) is 0 Å². The molecule has 0 saturated carbocycles. The van der Waals surface area contributed by atoms with Crippen LogP contribution in [-0.4, -0.2) is 9.36 Å². The predicted octanol–water partition coefficient (Wildman–Crippen LogP) is 2.80. The number of benzene rings is 1. The molecule has 2 rings (SSSR count). The highest BCUT2D eigenvalue weighted by Gasteiger charge is 2.05. The van der Waals surface area contributed by atoms with Gasteiger partial charge in [0.2, 0.25) is 0 Å². The first-order valence-corrected chi connectivity index (χ1v) is 6.19. The van der Waals surface area contributed by atoms with Crippen LogP contribution in [0.15, 0.2) is 33.8 Å². The summed E-state index contributed by atoms with van der Waals surface area (Å²) in [6.07, 6.45) is 1.54.